The Morgan fingerprint density at radius 1 is 1.09 bits per heavy atom. The molecule has 1 atom stereocenters. The van der Waals surface area contributed by atoms with E-state index in [0.29, 0.717) is 25.0 Å². The average Bonchev–Trinajstić information content (AvgIpc) is 3.36. The van der Waals surface area contributed by atoms with E-state index >= 15 is 0 Å². The Hall–Kier alpha value is -3.31. The minimum Gasteiger partial charge on any atom is -0.448 e. The van der Waals surface area contributed by atoms with E-state index in [9.17, 15) is 27.6 Å². The fourth-order valence-corrected chi connectivity index (χ4v) is 4.96. The van der Waals surface area contributed by atoms with Crippen LogP contribution in [-0.4, -0.2) is 49.5 Å². The molecule has 2 aliphatic rings. The maximum absolute atomic E-state index is 12.9. The lowest BCUT2D eigenvalue weighted by atomic mass is 10.0. The van der Waals surface area contributed by atoms with E-state index in [1.165, 1.54) is 12.1 Å². The Morgan fingerprint density at radius 3 is 2.55 bits per heavy atom. The molecular formula is C22H23N3O7S. The summed E-state index contributed by atoms with van der Waals surface area (Å²) >= 11 is 0. The second-order valence-electron chi connectivity index (χ2n) is 7.90. The molecule has 33 heavy (non-hydrogen) atoms. The number of imide groups is 2. The monoisotopic (exact) mass is 473 g/mol. The summed E-state index contributed by atoms with van der Waals surface area (Å²) in [6.07, 6.45) is 1.67. The van der Waals surface area contributed by atoms with Crippen molar-refractivity contribution >= 4 is 33.7 Å². The van der Waals surface area contributed by atoms with Crippen molar-refractivity contribution in [2.24, 2.45) is 0 Å². The lowest BCUT2D eigenvalue weighted by Gasteiger charge is -2.27. The summed E-state index contributed by atoms with van der Waals surface area (Å²) in [6.45, 7) is 2.03. The SMILES string of the molecule is CCc1ccc(S(=O)(=O)NCCCc2ccc3c(c2)C(=O)N(C2CCC(=O)NC2=O)C3=O)o1. The van der Waals surface area contributed by atoms with Crippen molar-refractivity contribution in [3.63, 3.8) is 0 Å². The van der Waals surface area contributed by atoms with Gasteiger partial charge in [-0.25, -0.2) is 13.1 Å². The number of benzene rings is 1. The van der Waals surface area contributed by atoms with Gasteiger partial charge in [0.1, 0.15) is 11.8 Å². The summed E-state index contributed by atoms with van der Waals surface area (Å²) in [4.78, 5) is 50.0. The van der Waals surface area contributed by atoms with Crippen molar-refractivity contribution in [1.82, 2.24) is 14.9 Å². The number of aryl methyl sites for hydroxylation is 2. The standard InChI is InChI=1S/C22H23N3O7S/c1-2-14-6-10-19(32-14)33(30,31)23-11-3-4-13-5-7-15-16(12-13)22(29)25(21(15)28)17-8-9-18(26)24-20(17)27/h5-7,10,12,17,23H,2-4,8-9,11H2,1H3,(H,24,26,27). The number of fused-ring (bicyclic) bond motifs is 1. The molecule has 0 bridgehead atoms. The molecule has 4 amide bonds. The van der Waals surface area contributed by atoms with Crippen LogP contribution in [-0.2, 0) is 32.5 Å². The van der Waals surface area contributed by atoms with Crippen molar-refractivity contribution in [3.05, 3.63) is 52.8 Å². The van der Waals surface area contributed by atoms with Gasteiger partial charge in [-0.15, -0.1) is 0 Å². The first-order valence-electron chi connectivity index (χ1n) is 10.6. The quantitative estimate of drug-likeness (QED) is 0.432. The minimum absolute atomic E-state index is 0.0583. The number of piperidine rings is 1. The van der Waals surface area contributed by atoms with Crippen LogP contribution in [0, 0.1) is 0 Å². The highest BCUT2D eigenvalue weighted by Gasteiger charge is 2.44. The molecule has 0 radical (unpaired) electrons. The fraction of sp³-hybridized carbons (Fsp3) is 0.364. The van der Waals surface area contributed by atoms with Crippen LogP contribution < -0.4 is 10.0 Å². The van der Waals surface area contributed by atoms with Gasteiger partial charge in [0.2, 0.25) is 16.9 Å². The van der Waals surface area contributed by atoms with Crippen molar-refractivity contribution in [2.45, 2.75) is 50.2 Å². The average molecular weight is 474 g/mol. The Labute approximate surface area is 190 Å². The van der Waals surface area contributed by atoms with Crippen LogP contribution in [0.1, 0.15) is 58.2 Å². The molecule has 10 nitrogen and oxygen atoms in total. The Kier molecular flexibility index (Phi) is 6.17. The molecular weight excluding hydrogens is 450 g/mol. The molecule has 11 heteroatoms. The van der Waals surface area contributed by atoms with E-state index in [0.717, 1.165) is 10.5 Å². The first-order valence-corrected chi connectivity index (χ1v) is 12.1. The van der Waals surface area contributed by atoms with Crippen LogP contribution in [0.2, 0.25) is 0 Å². The molecule has 4 rings (SSSR count). The minimum atomic E-state index is -3.74. The lowest BCUT2D eigenvalue weighted by molar-refractivity contribution is -0.136. The molecule has 1 fully saturated rings. The number of hydrogen-bond donors (Lipinski definition) is 2. The maximum Gasteiger partial charge on any atom is 0.273 e. The third-order valence-electron chi connectivity index (χ3n) is 5.69. The second-order valence-corrected chi connectivity index (χ2v) is 9.60. The zero-order chi connectivity index (χ0) is 23.8. The number of rotatable bonds is 8. The van der Waals surface area contributed by atoms with Gasteiger partial charge in [-0.3, -0.25) is 29.4 Å². The molecule has 3 heterocycles. The summed E-state index contributed by atoms with van der Waals surface area (Å²) in [5.74, 6) is -1.64. The van der Waals surface area contributed by atoms with Gasteiger partial charge in [-0.05, 0) is 49.1 Å². The molecule has 1 saturated heterocycles. The van der Waals surface area contributed by atoms with E-state index in [1.54, 1.807) is 18.2 Å². The molecule has 0 aliphatic carbocycles. The number of furan rings is 1. The van der Waals surface area contributed by atoms with Gasteiger partial charge < -0.3 is 4.42 Å². The van der Waals surface area contributed by atoms with E-state index in [-0.39, 0.29) is 35.6 Å². The number of amides is 4. The van der Waals surface area contributed by atoms with Crippen LogP contribution in [0.5, 0.6) is 0 Å². The van der Waals surface area contributed by atoms with Crippen LogP contribution >= 0.6 is 0 Å². The summed E-state index contributed by atoms with van der Waals surface area (Å²) in [7, 11) is -3.74. The van der Waals surface area contributed by atoms with Gasteiger partial charge in [0.05, 0.1) is 11.1 Å². The van der Waals surface area contributed by atoms with E-state index in [1.807, 2.05) is 6.92 Å². The fourth-order valence-electron chi connectivity index (χ4n) is 3.94. The smallest absolute Gasteiger partial charge is 0.273 e. The lowest BCUT2D eigenvalue weighted by Crippen LogP contribution is -2.54. The summed E-state index contributed by atoms with van der Waals surface area (Å²) in [5, 5.41) is 2.03. The molecule has 2 aromatic rings. The van der Waals surface area contributed by atoms with Crippen LogP contribution in [0.15, 0.2) is 39.8 Å². The predicted octanol–water partition coefficient (Wildman–Crippen LogP) is 1.15. The van der Waals surface area contributed by atoms with Gasteiger partial charge >= 0.3 is 0 Å². The van der Waals surface area contributed by atoms with Crippen molar-refractivity contribution < 1.29 is 32.0 Å². The van der Waals surface area contributed by atoms with Gasteiger partial charge in [0.25, 0.3) is 21.8 Å². The third kappa shape index (κ3) is 4.46. The molecule has 174 valence electrons. The number of sulfonamides is 1. The van der Waals surface area contributed by atoms with E-state index < -0.39 is 39.7 Å². The molecule has 1 aromatic carbocycles. The largest absolute Gasteiger partial charge is 0.448 e. The highest BCUT2D eigenvalue weighted by molar-refractivity contribution is 7.89. The first-order chi connectivity index (χ1) is 15.7. The molecule has 1 unspecified atom stereocenters. The first kappa shape index (κ1) is 22.9. The highest BCUT2D eigenvalue weighted by atomic mass is 32.2. The zero-order valence-electron chi connectivity index (χ0n) is 17.9. The molecule has 1 aromatic heterocycles. The summed E-state index contributed by atoms with van der Waals surface area (Å²) < 4.78 is 32.4. The van der Waals surface area contributed by atoms with Crippen LogP contribution in [0.3, 0.4) is 0 Å². The predicted molar refractivity (Wildman–Crippen MR) is 115 cm³/mol. The Balaban J connectivity index is 1.38. The molecule has 2 aliphatic heterocycles. The number of carbonyl (C=O) groups is 4. The Morgan fingerprint density at radius 2 is 1.85 bits per heavy atom. The zero-order valence-corrected chi connectivity index (χ0v) is 18.7. The topological polar surface area (TPSA) is 143 Å². The second kappa shape index (κ2) is 8.91. The number of nitrogens with zero attached hydrogens (tertiary/aromatic N) is 1. The third-order valence-corrected chi connectivity index (χ3v) is 7.02. The van der Waals surface area contributed by atoms with Crippen molar-refractivity contribution in [3.8, 4) is 0 Å². The Bertz CT molecular complexity index is 1250. The van der Waals surface area contributed by atoms with Crippen molar-refractivity contribution in [2.75, 3.05) is 6.54 Å². The summed E-state index contributed by atoms with van der Waals surface area (Å²) in [5.41, 5.74) is 1.16. The molecule has 2 N–H and O–H groups in total. The summed E-state index contributed by atoms with van der Waals surface area (Å²) in [6, 6.07) is 6.86. The van der Waals surface area contributed by atoms with Gasteiger partial charge in [0, 0.05) is 19.4 Å². The highest BCUT2D eigenvalue weighted by Crippen LogP contribution is 2.28. The normalized spacial score (nSPS) is 18.6. The number of carbonyl (C=O) groups excluding carboxylic acids is 4. The molecule has 0 spiro atoms. The number of hydrogen-bond acceptors (Lipinski definition) is 7. The van der Waals surface area contributed by atoms with E-state index in [4.69, 9.17) is 4.42 Å². The van der Waals surface area contributed by atoms with Gasteiger partial charge in [0.15, 0.2) is 0 Å². The van der Waals surface area contributed by atoms with Crippen LogP contribution in [0.25, 0.3) is 0 Å². The number of nitrogens with one attached hydrogen (secondary N) is 2. The van der Waals surface area contributed by atoms with Crippen LogP contribution in [0.4, 0.5) is 0 Å². The molecule has 0 saturated carbocycles. The van der Waals surface area contributed by atoms with Gasteiger partial charge in [-0.2, -0.15) is 0 Å². The van der Waals surface area contributed by atoms with E-state index in [2.05, 4.69) is 10.0 Å². The maximum atomic E-state index is 12.9. The van der Waals surface area contributed by atoms with Crippen molar-refractivity contribution in [1.29, 1.82) is 0 Å². The van der Waals surface area contributed by atoms with Gasteiger partial charge in [-0.1, -0.05) is 13.0 Å².